The van der Waals surface area contributed by atoms with Crippen LogP contribution in [0.3, 0.4) is 0 Å². The van der Waals surface area contributed by atoms with E-state index in [2.05, 4.69) is 5.32 Å². The maximum absolute atomic E-state index is 13.5. The average molecular weight is 285 g/mol. The van der Waals surface area contributed by atoms with Crippen LogP contribution in [-0.4, -0.2) is 6.04 Å². The number of aryl methyl sites for hydroxylation is 2. The minimum Gasteiger partial charge on any atom is -0.456 e. The molecule has 0 spiro atoms. The molecule has 2 nitrogen and oxygen atoms in total. The Hall–Kier alpha value is -1.87. The summed E-state index contributed by atoms with van der Waals surface area (Å²) >= 11 is 0. The summed E-state index contributed by atoms with van der Waals surface area (Å²) in [6.07, 6.45) is 2.42. The number of hydrogen-bond donors (Lipinski definition) is 1. The summed E-state index contributed by atoms with van der Waals surface area (Å²) in [5.41, 5.74) is 3.03. The molecular formula is C18H20FNO. The van der Waals surface area contributed by atoms with Gasteiger partial charge in [-0.15, -0.1) is 0 Å². The van der Waals surface area contributed by atoms with Crippen molar-refractivity contribution >= 4 is 0 Å². The van der Waals surface area contributed by atoms with Crippen molar-refractivity contribution in [1.82, 2.24) is 5.32 Å². The molecule has 3 rings (SSSR count). The van der Waals surface area contributed by atoms with E-state index >= 15 is 0 Å². The number of para-hydroxylation sites is 1. The van der Waals surface area contributed by atoms with Gasteiger partial charge in [-0.3, -0.25) is 0 Å². The molecule has 0 radical (unpaired) electrons. The quantitative estimate of drug-likeness (QED) is 0.874. The van der Waals surface area contributed by atoms with Crippen LogP contribution in [0.1, 0.15) is 29.5 Å². The van der Waals surface area contributed by atoms with Crippen molar-refractivity contribution in [2.45, 2.75) is 39.3 Å². The Morgan fingerprint density at radius 2 is 1.86 bits per heavy atom. The molecule has 1 fully saturated rings. The zero-order valence-electron chi connectivity index (χ0n) is 12.4. The fourth-order valence-corrected chi connectivity index (χ4v) is 2.40. The second-order valence-electron chi connectivity index (χ2n) is 5.73. The van der Waals surface area contributed by atoms with Crippen LogP contribution in [0.25, 0.3) is 0 Å². The molecule has 1 N–H and O–H groups in total. The second kappa shape index (κ2) is 5.86. The zero-order chi connectivity index (χ0) is 14.8. The van der Waals surface area contributed by atoms with Crippen LogP contribution >= 0.6 is 0 Å². The molecular weight excluding hydrogens is 265 g/mol. The minimum atomic E-state index is -0.226. The maximum atomic E-state index is 13.5. The Bertz CT molecular complexity index is 629. The number of benzene rings is 2. The summed E-state index contributed by atoms with van der Waals surface area (Å²) in [5, 5.41) is 3.41. The molecule has 0 saturated heterocycles. The molecule has 0 bridgehead atoms. The van der Waals surface area contributed by atoms with E-state index in [-0.39, 0.29) is 5.82 Å². The van der Waals surface area contributed by atoms with Crippen LogP contribution in [0.15, 0.2) is 36.4 Å². The van der Waals surface area contributed by atoms with Crippen LogP contribution in [0.4, 0.5) is 4.39 Å². The van der Waals surface area contributed by atoms with Gasteiger partial charge in [-0.2, -0.15) is 0 Å². The third-order valence-corrected chi connectivity index (χ3v) is 3.80. The van der Waals surface area contributed by atoms with Gasteiger partial charge in [-0.05, 0) is 56.0 Å². The Balaban J connectivity index is 1.86. The van der Waals surface area contributed by atoms with E-state index in [1.807, 2.05) is 32.0 Å². The normalized spacial score (nSPS) is 14.2. The number of rotatable bonds is 5. The zero-order valence-corrected chi connectivity index (χ0v) is 12.4. The van der Waals surface area contributed by atoms with Gasteiger partial charge in [0.2, 0.25) is 0 Å². The molecule has 0 atom stereocenters. The summed E-state index contributed by atoms with van der Waals surface area (Å²) in [6, 6.07) is 11.4. The predicted molar refractivity (Wildman–Crippen MR) is 82.3 cm³/mol. The molecule has 2 aromatic carbocycles. The number of halogens is 1. The Morgan fingerprint density at radius 3 is 2.52 bits per heavy atom. The molecule has 1 aliphatic carbocycles. The number of nitrogens with one attached hydrogen (secondary N) is 1. The monoisotopic (exact) mass is 285 g/mol. The first kappa shape index (κ1) is 14.1. The predicted octanol–water partition coefficient (Wildman–Crippen LogP) is 4.49. The lowest BCUT2D eigenvalue weighted by molar-refractivity contribution is 0.463. The van der Waals surface area contributed by atoms with Crippen LogP contribution in [-0.2, 0) is 6.54 Å². The highest BCUT2D eigenvalue weighted by Gasteiger charge is 2.21. The Labute approximate surface area is 125 Å². The van der Waals surface area contributed by atoms with E-state index in [0.717, 1.165) is 28.2 Å². The van der Waals surface area contributed by atoms with Crippen molar-refractivity contribution in [1.29, 1.82) is 0 Å². The molecule has 21 heavy (non-hydrogen) atoms. The van der Waals surface area contributed by atoms with Gasteiger partial charge in [-0.25, -0.2) is 4.39 Å². The summed E-state index contributed by atoms with van der Waals surface area (Å²) in [5.74, 6) is 1.36. The van der Waals surface area contributed by atoms with Crippen LogP contribution in [0.5, 0.6) is 11.5 Å². The second-order valence-corrected chi connectivity index (χ2v) is 5.73. The van der Waals surface area contributed by atoms with Crippen molar-refractivity contribution < 1.29 is 9.13 Å². The van der Waals surface area contributed by atoms with E-state index in [1.54, 1.807) is 12.1 Å². The van der Waals surface area contributed by atoms with Gasteiger partial charge >= 0.3 is 0 Å². The van der Waals surface area contributed by atoms with Crippen molar-refractivity contribution in [3.8, 4) is 11.5 Å². The van der Waals surface area contributed by atoms with Crippen molar-refractivity contribution in [2.75, 3.05) is 0 Å². The molecule has 110 valence electrons. The fraction of sp³-hybridized carbons (Fsp3) is 0.333. The van der Waals surface area contributed by atoms with Gasteiger partial charge < -0.3 is 10.1 Å². The Morgan fingerprint density at radius 1 is 1.14 bits per heavy atom. The first-order valence-corrected chi connectivity index (χ1v) is 7.39. The molecule has 0 aliphatic heterocycles. The van der Waals surface area contributed by atoms with Crippen LogP contribution in [0, 0.1) is 19.7 Å². The van der Waals surface area contributed by atoms with Gasteiger partial charge in [0.15, 0.2) is 0 Å². The summed E-state index contributed by atoms with van der Waals surface area (Å²) in [6.45, 7) is 4.69. The van der Waals surface area contributed by atoms with Gasteiger partial charge in [0, 0.05) is 18.2 Å². The van der Waals surface area contributed by atoms with Crippen LogP contribution < -0.4 is 10.1 Å². The van der Waals surface area contributed by atoms with E-state index in [9.17, 15) is 4.39 Å². The van der Waals surface area contributed by atoms with Crippen molar-refractivity contribution in [3.05, 3.63) is 58.9 Å². The van der Waals surface area contributed by atoms with Gasteiger partial charge in [0.1, 0.15) is 17.3 Å². The molecule has 3 heteroatoms. The highest BCUT2D eigenvalue weighted by atomic mass is 19.1. The molecule has 0 amide bonds. The van der Waals surface area contributed by atoms with Gasteiger partial charge in [0.05, 0.1) is 0 Å². The minimum absolute atomic E-state index is 0.226. The molecule has 0 aromatic heterocycles. The highest BCUT2D eigenvalue weighted by molar-refractivity contribution is 5.45. The topological polar surface area (TPSA) is 21.3 Å². The standard InChI is InChI=1S/C18H20FNO/c1-12-4-3-5-13(2)18(12)21-17-9-6-15(19)10-14(17)11-20-16-7-8-16/h3-6,9-10,16,20H,7-8,11H2,1-2H3. The molecule has 1 aliphatic rings. The van der Waals surface area contributed by atoms with Crippen molar-refractivity contribution in [3.63, 3.8) is 0 Å². The lowest BCUT2D eigenvalue weighted by atomic mass is 10.1. The third kappa shape index (κ3) is 3.42. The van der Waals surface area contributed by atoms with Crippen molar-refractivity contribution in [2.24, 2.45) is 0 Å². The van der Waals surface area contributed by atoms with E-state index in [4.69, 9.17) is 4.74 Å². The van der Waals surface area contributed by atoms with E-state index in [0.29, 0.717) is 12.6 Å². The van der Waals surface area contributed by atoms with E-state index in [1.165, 1.54) is 18.9 Å². The number of hydrogen-bond acceptors (Lipinski definition) is 2. The SMILES string of the molecule is Cc1cccc(C)c1Oc1ccc(F)cc1CNC1CC1. The lowest BCUT2D eigenvalue weighted by Crippen LogP contribution is -2.16. The largest absolute Gasteiger partial charge is 0.456 e. The fourth-order valence-electron chi connectivity index (χ4n) is 2.40. The highest BCUT2D eigenvalue weighted by Crippen LogP contribution is 2.31. The lowest BCUT2D eigenvalue weighted by Gasteiger charge is -2.15. The molecule has 0 unspecified atom stereocenters. The molecule has 0 heterocycles. The first-order chi connectivity index (χ1) is 10.1. The van der Waals surface area contributed by atoms with Gasteiger partial charge in [-0.1, -0.05) is 18.2 Å². The third-order valence-electron chi connectivity index (χ3n) is 3.80. The van der Waals surface area contributed by atoms with Crippen LogP contribution in [0.2, 0.25) is 0 Å². The van der Waals surface area contributed by atoms with Gasteiger partial charge in [0.25, 0.3) is 0 Å². The maximum Gasteiger partial charge on any atom is 0.133 e. The smallest absolute Gasteiger partial charge is 0.133 e. The summed E-state index contributed by atoms with van der Waals surface area (Å²) in [4.78, 5) is 0. The van der Waals surface area contributed by atoms with E-state index < -0.39 is 0 Å². The summed E-state index contributed by atoms with van der Waals surface area (Å²) in [7, 11) is 0. The Kier molecular flexibility index (Phi) is 3.93. The molecule has 1 saturated carbocycles. The first-order valence-electron chi connectivity index (χ1n) is 7.39. The number of ether oxygens (including phenoxy) is 1. The average Bonchev–Trinajstić information content (AvgIpc) is 3.27. The molecule has 2 aromatic rings. The summed E-state index contributed by atoms with van der Waals surface area (Å²) < 4.78 is 19.6.